The Kier molecular flexibility index (Phi) is 8.96. The largest absolute Gasteiger partial charge is 0.497 e. The van der Waals surface area contributed by atoms with Gasteiger partial charge >= 0.3 is 12.1 Å². The molecule has 1 fully saturated rings. The first-order chi connectivity index (χ1) is 14.2. The quantitative estimate of drug-likeness (QED) is 0.507. The number of nitrogens with zero attached hydrogens (tertiary/aromatic N) is 1. The van der Waals surface area contributed by atoms with Gasteiger partial charge in [0.15, 0.2) is 0 Å². The number of piperidine rings is 1. The molecule has 7 nitrogen and oxygen atoms in total. The molecule has 0 saturated carbocycles. The molecule has 1 aliphatic heterocycles. The summed E-state index contributed by atoms with van der Waals surface area (Å²) >= 11 is 0. The number of benzene rings is 1. The number of esters is 1. The lowest BCUT2D eigenvalue weighted by molar-refractivity contribution is -0.146. The number of carbonyl (C=O) groups excluding carboxylic acids is 2. The average molecular weight is 421 g/mol. The summed E-state index contributed by atoms with van der Waals surface area (Å²) in [5.41, 5.74) is 0.678. The second-order valence-corrected chi connectivity index (χ2v) is 8.82. The summed E-state index contributed by atoms with van der Waals surface area (Å²) in [4.78, 5) is 26.1. The van der Waals surface area contributed by atoms with Crippen LogP contribution >= 0.6 is 0 Å². The van der Waals surface area contributed by atoms with Crippen molar-refractivity contribution < 1.29 is 23.8 Å². The Balaban J connectivity index is 1.78. The van der Waals surface area contributed by atoms with Crippen LogP contribution in [0.2, 0.25) is 0 Å². The third-order valence-electron chi connectivity index (χ3n) is 5.15. The highest BCUT2D eigenvalue weighted by atomic mass is 16.6. The zero-order chi connectivity index (χ0) is 22.1. The molecule has 1 N–H and O–H groups in total. The normalized spacial score (nSPS) is 19.8. The number of ether oxygens (including phenoxy) is 3. The van der Waals surface area contributed by atoms with Gasteiger partial charge in [-0.05, 0) is 71.3 Å². The fourth-order valence-electron chi connectivity index (χ4n) is 3.77. The van der Waals surface area contributed by atoms with Gasteiger partial charge in [-0.3, -0.25) is 9.69 Å². The van der Waals surface area contributed by atoms with Crippen LogP contribution in [0.5, 0.6) is 5.75 Å². The molecule has 168 valence electrons. The number of likely N-dealkylation sites (tertiary alicyclic amines) is 1. The van der Waals surface area contributed by atoms with Crippen LogP contribution in [0.1, 0.15) is 58.1 Å². The van der Waals surface area contributed by atoms with Crippen LogP contribution in [-0.2, 0) is 14.3 Å². The molecule has 1 saturated heterocycles. The van der Waals surface area contributed by atoms with Crippen molar-refractivity contribution in [2.24, 2.45) is 5.92 Å². The Morgan fingerprint density at radius 2 is 1.90 bits per heavy atom. The molecular formula is C23H36N2O5. The predicted octanol–water partition coefficient (Wildman–Crippen LogP) is 3.93. The molecule has 0 aromatic heterocycles. The highest BCUT2D eigenvalue weighted by molar-refractivity contribution is 5.70. The number of hydrogen-bond donors (Lipinski definition) is 1. The minimum Gasteiger partial charge on any atom is -0.497 e. The van der Waals surface area contributed by atoms with Crippen molar-refractivity contribution >= 4 is 12.1 Å². The molecule has 0 aliphatic carbocycles. The second kappa shape index (κ2) is 11.2. The van der Waals surface area contributed by atoms with Gasteiger partial charge in [0.1, 0.15) is 11.4 Å². The molecule has 7 heteroatoms. The summed E-state index contributed by atoms with van der Waals surface area (Å²) in [6.45, 7) is 7.24. The molecule has 1 amide bonds. The first kappa shape index (κ1) is 24.0. The van der Waals surface area contributed by atoms with Gasteiger partial charge < -0.3 is 19.5 Å². The topological polar surface area (TPSA) is 77.1 Å². The fraction of sp³-hybridized carbons (Fsp3) is 0.652. The number of rotatable bonds is 8. The third kappa shape index (κ3) is 7.86. The third-order valence-corrected chi connectivity index (χ3v) is 5.15. The molecule has 1 aromatic rings. The minimum atomic E-state index is -0.531. The van der Waals surface area contributed by atoms with Crippen LogP contribution in [-0.4, -0.2) is 56.4 Å². The Bertz CT molecular complexity index is 684. The molecule has 1 aromatic carbocycles. The van der Waals surface area contributed by atoms with Gasteiger partial charge in [0, 0.05) is 24.9 Å². The van der Waals surface area contributed by atoms with E-state index in [-0.39, 0.29) is 24.3 Å². The summed E-state index contributed by atoms with van der Waals surface area (Å²) in [7, 11) is 3.78. The van der Waals surface area contributed by atoms with Crippen molar-refractivity contribution in [3.8, 4) is 5.75 Å². The molecule has 2 rings (SSSR count). The molecule has 0 spiro atoms. The van der Waals surface area contributed by atoms with Crippen molar-refractivity contribution in [2.75, 3.05) is 33.9 Å². The maximum absolute atomic E-state index is 12.2. The van der Waals surface area contributed by atoms with Crippen molar-refractivity contribution in [1.29, 1.82) is 0 Å². The number of carbonyl (C=O) groups is 2. The van der Waals surface area contributed by atoms with E-state index < -0.39 is 11.7 Å². The SMILES string of the molecule is COc1ccc([C@@H]2[C@@H](COC(=O)CCCNC(=O)OC(C)(C)C)CCCN2C)cc1. The van der Waals surface area contributed by atoms with Crippen molar-refractivity contribution in [2.45, 2.75) is 58.1 Å². The Hall–Kier alpha value is -2.28. The van der Waals surface area contributed by atoms with Gasteiger partial charge in [0.2, 0.25) is 0 Å². The van der Waals surface area contributed by atoms with E-state index in [1.165, 1.54) is 5.56 Å². The second-order valence-electron chi connectivity index (χ2n) is 8.82. The van der Waals surface area contributed by atoms with E-state index >= 15 is 0 Å². The van der Waals surface area contributed by atoms with Crippen molar-refractivity contribution in [1.82, 2.24) is 10.2 Å². The van der Waals surface area contributed by atoms with E-state index in [9.17, 15) is 9.59 Å². The van der Waals surface area contributed by atoms with Crippen LogP contribution in [0.4, 0.5) is 4.79 Å². The van der Waals surface area contributed by atoms with E-state index in [1.54, 1.807) is 7.11 Å². The van der Waals surface area contributed by atoms with Crippen LogP contribution < -0.4 is 10.1 Å². The predicted molar refractivity (Wildman–Crippen MR) is 116 cm³/mol. The highest BCUT2D eigenvalue weighted by Gasteiger charge is 2.31. The van der Waals surface area contributed by atoms with Crippen LogP contribution in [0.3, 0.4) is 0 Å². The fourth-order valence-corrected chi connectivity index (χ4v) is 3.77. The van der Waals surface area contributed by atoms with Gasteiger partial charge in [0.25, 0.3) is 0 Å². The van der Waals surface area contributed by atoms with Crippen molar-refractivity contribution in [3.05, 3.63) is 29.8 Å². The van der Waals surface area contributed by atoms with Gasteiger partial charge in [0.05, 0.1) is 13.7 Å². The Labute approximate surface area is 180 Å². The number of amides is 1. The molecule has 2 atom stereocenters. The standard InChI is InChI=1S/C23H36N2O5/c1-23(2,3)30-22(27)24-14-6-9-20(26)29-16-18-8-7-15-25(4)21(18)17-10-12-19(28-5)13-11-17/h10-13,18,21H,6-9,14-16H2,1-5H3,(H,24,27)/t18-,21-/m1/s1. The number of methoxy groups -OCH3 is 1. The van der Waals surface area contributed by atoms with Gasteiger partial charge in [-0.1, -0.05) is 12.1 Å². The molecule has 1 aliphatic rings. The maximum atomic E-state index is 12.2. The number of alkyl carbamates (subject to hydrolysis) is 1. The summed E-state index contributed by atoms with van der Waals surface area (Å²) in [6, 6.07) is 8.33. The van der Waals surface area contributed by atoms with Gasteiger partial charge in [-0.15, -0.1) is 0 Å². The highest BCUT2D eigenvalue weighted by Crippen LogP contribution is 2.35. The molecule has 0 unspecified atom stereocenters. The molecule has 0 radical (unpaired) electrons. The minimum absolute atomic E-state index is 0.214. The number of nitrogens with one attached hydrogen (secondary N) is 1. The summed E-state index contributed by atoms with van der Waals surface area (Å²) in [6.07, 6.45) is 2.43. The molecule has 30 heavy (non-hydrogen) atoms. The van der Waals surface area contributed by atoms with Crippen LogP contribution in [0, 0.1) is 5.92 Å². The Morgan fingerprint density at radius 3 is 2.53 bits per heavy atom. The first-order valence-corrected chi connectivity index (χ1v) is 10.7. The maximum Gasteiger partial charge on any atom is 0.407 e. The first-order valence-electron chi connectivity index (χ1n) is 10.7. The van der Waals surface area contributed by atoms with Crippen LogP contribution in [0.25, 0.3) is 0 Å². The summed E-state index contributed by atoms with van der Waals surface area (Å²) in [5.74, 6) is 0.851. The lowest BCUT2D eigenvalue weighted by atomic mass is 9.85. The smallest absolute Gasteiger partial charge is 0.407 e. The average Bonchev–Trinajstić information content (AvgIpc) is 2.68. The van der Waals surface area contributed by atoms with Gasteiger partial charge in [-0.25, -0.2) is 4.79 Å². The molecule has 1 heterocycles. The molecular weight excluding hydrogens is 384 g/mol. The van der Waals surface area contributed by atoms with E-state index in [0.29, 0.717) is 19.6 Å². The van der Waals surface area contributed by atoms with E-state index in [4.69, 9.17) is 14.2 Å². The van der Waals surface area contributed by atoms with E-state index in [2.05, 4.69) is 29.4 Å². The zero-order valence-corrected chi connectivity index (χ0v) is 18.9. The summed E-state index contributed by atoms with van der Waals surface area (Å²) in [5, 5.41) is 2.66. The zero-order valence-electron chi connectivity index (χ0n) is 18.9. The van der Waals surface area contributed by atoms with Crippen molar-refractivity contribution in [3.63, 3.8) is 0 Å². The summed E-state index contributed by atoms with van der Waals surface area (Å²) < 4.78 is 16.0. The van der Waals surface area contributed by atoms with Gasteiger partial charge in [-0.2, -0.15) is 0 Å². The number of hydrogen-bond acceptors (Lipinski definition) is 6. The van der Waals surface area contributed by atoms with E-state index in [0.717, 1.165) is 25.1 Å². The lowest BCUT2D eigenvalue weighted by Gasteiger charge is -2.39. The lowest BCUT2D eigenvalue weighted by Crippen LogP contribution is -2.38. The molecule has 0 bridgehead atoms. The van der Waals surface area contributed by atoms with Crippen LogP contribution in [0.15, 0.2) is 24.3 Å². The Morgan fingerprint density at radius 1 is 1.20 bits per heavy atom. The monoisotopic (exact) mass is 420 g/mol. The van der Waals surface area contributed by atoms with E-state index in [1.807, 2.05) is 32.9 Å².